The molecule has 0 bridgehead atoms. The fourth-order valence-electron chi connectivity index (χ4n) is 5.37. The topological polar surface area (TPSA) is 373 Å². The number of amides is 6. The minimum atomic E-state index is -1.71. The van der Waals surface area contributed by atoms with Crippen LogP contribution in [0.25, 0.3) is 0 Å². The first-order valence-electron chi connectivity index (χ1n) is 18.0. The van der Waals surface area contributed by atoms with Crippen LogP contribution in [0.2, 0.25) is 0 Å². The third-order valence-electron chi connectivity index (χ3n) is 8.25. The average molecular weight is 808 g/mol. The Morgan fingerprint density at radius 3 is 1.37 bits per heavy atom. The lowest BCUT2D eigenvalue weighted by atomic mass is 10.0. The Kier molecular flexibility index (Phi) is 19.2. The van der Waals surface area contributed by atoms with Crippen LogP contribution >= 0.6 is 0 Å². The second kappa shape index (κ2) is 23.2. The van der Waals surface area contributed by atoms with Crippen LogP contribution in [0.5, 0.6) is 0 Å². The largest absolute Gasteiger partial charge is 0.481 e. The van der Waals surface area contributed by atoms with Gasteiger partial charge in [-0.1, -0.05) is 27.7 Å². The van der Waals surface area contributed by atoms with Crippen molar-refractivity contribution in [3.63, 3.8) is 0 Å². The van der Waals surface area contributed by atoms with E-state index in [4.69, 9.17) is 5.73 Å². The van der Waals surface area contributed by atoms with Crippen molar-refractivity contribution in [1.82, 2.24) is 51.8 Å². The van der Waals surface area contributed by atoms with Gasteiger partial charge < -0.3 is 68.0 Å². The summed E-state index contributed by atoms with van der Waals surface area (Å²) in [5.74, 6) is -8.99. The molecule has 57 heavy (non-hydrogen) atoms. The van der Waals surface area contributed by atoms with Gasteiger partial charge in [0.05, 0.1) is 38.3 Å². The van der Waals surface area contributed by atoms with Gasteiger partial charge in [0.25, 0.3) is 0 Å². The van der Waals surface area contributed by atoms with Crippen molar-refractivity contribution in [3.8, 4) is 0 Å². The lowest BCUT2D eigenvalue weighted by Gasteiger charge is -2.27. The van der Waals surface area contributed by atoms with E-state index in [1.54, 1.807) is 13.8 Å². The van der Waals surface area contributed by atoms with E-state index in [2.05, 4.69) is 51.8 Å². The maximum Gasteiger partial charge on any atom is 0.328 e. The number of imidazole rings is 2. The Morgan fingerprint density at radius 1 is 0.579 bits per heavy atom. The van der Waals surface area contributed by atoms with Gasteiger partial charge in [0.1, 0.15) is 36.3 Å². The molecule has 2 heterocycles. The quantitative estimate of drug-likeness (QED) is 0.0452. The first kappa shape index (κ1) is 47.2. The summed E-state index contributed by atoms with van der Waals surface area (Å²) in [6.45, 7) is 5.15. The van der Waals surface area contributed by atoms with Crippen molar-refractivity contribution in [2.24, 2.45) is 17.6 Å². The maximum atomic E-state index is 13.6. The van der Waals surface area contributed by atoms with Gasteiger partial charge >= 0.3 is 11.9 Å². The molecule has 0 radical (unpaired) electrons. The number of aliphatic carboxylic acids is 2. The zero-order chi connectivity index (χ0) is 42.8. The van der Waals surface area contributed by atoms with Crippen molar-refractivity contribution in [2.45, 2.75) is 102 Å². The first-order valence-corrected chi connectivity index (χ1v) is 18.0. The molecule has 0 unspecified atom stereocenters. The molecule has 0 saturated carbocycles. The number of nitrogens with zero attached hydrogens (tertiary/aromatic N) is 2. The molecule has 14 N–H and O–H groups in total. The third-order valence-corrected chi connectivity index (χ3v) is 8.25. The number of hydrogen-bond donors (Lipinski definition) is 13. The first-order chi connectivity index (χ1) is 26.8. The van der Waals surface area contributed by atoms with Crippen molar-refractivity contribution < 1.29 is 58.8 Å². The summed E-state index contributed by atoms with van der Waals surface area (Å²) in [4.78, 5) is 116. The predicted molar refractivity (Wildman–Crippen MR) is 197 cm³/mol. The number of aliphatic hydroxyl groups is 2. The van der Waals surface area contributed by atoms with Crippen LogP contribution in [0.15, 0.2) is 25.0 Å². The highest BCUT2D eigenvalue weighted by Crippen LogP contribution is 2.09. The number of aliphatic hydroxyl groups excluding tert-OH is 2. The minimum Gasteiger partial charge on any atom is -0.481 e. The van der Waals surface area contributed by atoms with Gasteiger partial charge in [-0.05, 0) is 24.7 Å². The van der Waals surface area contributed by atoms with Crippen LogP contribution in [0, 0.1) is 11.8 Å². The van der Waals surface area contributed by atoms with E-state index < -0.39 is 109 Å². The zero-order valence-corrected chi connectivity index (χ0v) is 32.0. The summed E-state index contributed by atoms with van der Waals surface area (Å²) in [7, 11) is 0. The van der Waals surface area contributed by atoms with E-state index in [0.717, 1.165) is 0 Å². The van der Waals surface area contributed by atoms with Gasteiger partial charge in [-0.15, -0.1) is 0 Å². The SMILES string of the molecule is CC(C)C[C@H](NC(=O)[C@H](CO)NC(=O)[C@H](Cc1cnc[nH]1)NC(=O)[C@H](CC(=O)O)NC(=O)[C@@H](N)CC(C)C)C(=O)N[C@@H](Cc1cnc[nH]1)C(=O)N[C@@H](CO)C(=O)O. The number of aromatic amines is 2. The van der Waals surface area contributed by atoms with Gasteiger partial charge in [0.2, 0.25) is 35.4 Å². The summed E-state index contributed by atoms with van der Waals surface area (Å²) in [5.41, 5.74) is 6.61. The van der Waals surface area contributed by atoms with Crippen LogP contribution in [0.4, 0.5) is 0 Å². The van der Waals surface area contributed by atoms with Crippen molar-refractivity contribution in [3.05, 3.63) is 36.4 Å². The summed E-state index contributed by atoms with van der Waals surface area (Å²) in [6.07, 6.45) is 4.21. The number of carbonyl (C=O) groups is 8. The molecule has 0 fully saturated rings. The smallest absolute Gasteiger partial charge is 0.328 e. The Labute approximate surface area is 327 Å². The molecule has 6 amide bonds. The molecule has 7 atom stereocenters. The minimum absolute atomic E-state index is 0.00747. The standard InChI is InChI=1S/C34H53N11O12/c1-16(2)5-20(35)28(50)40-24(9-27(48)49)32(54)43-22(7-18-10-36-14-38-18)30(52)44-25(12-46)33(55)41-21(6-17(3)4)29(51)42-23(8-19-11-37-15-39-19)31(53)45-26(13-47)34(56)57/h10-11,14-17,20-26,46-47H,5-9,12-13,35H2,1-4H3,(H,36,38)(H,37,39)(H,40,50)(H,41,55)(H,42,51)(H,43,54)(H,44,52)(H,45,53)(H,48,49)(H,56,57)/t20-,21-,22-,23-,24-,25-,26-/m0/s1. The highest BCUT2D eigenvalue weighted by molar-refractivity contribution is 5.97. The number of carboxylic acids is 2. The number of aromatic nitrogens is 4. The number of hydrogen-bond acceptors (Lipinski definition) is 13. The predicted octanol–water partition coefficient (Wildman–Crippen LogP) is -4.21. The fraction of sp³-hybridized carbons (Fsp3) is 0.588. The van der Waals surface area contributed by atoms with E-state index in [-0.39, 0.29) is 37.5 Å². The molecule has 2 aromatic heterocycles. The average Bonchev–Trinajstić information content (AvgIpc) is 3.85. The van der Waals surface area contributed by atoms with Gasteiger partial charge in [-0.2, -0.15) is 0 Å². The Bertz CT molecular complexity index is 1650. The van der Waals surface area contributed by atoms with Gasteiger partial charge in [0, 0.05) is 36.6 Å². The van der Waals surface area contributed by atoms with Crippen LogP contribution in [-0.2, 0) is 51.2 Å². The van der Waals surface area contributed by atoms with E-state index in [1.165, 1.54) is 25.0 Å². The number of H-pyrrole nitrogens is 2. The molecule has 0 aliphatic carbocycles. The van der Waals surface area contributed by atoms with Crippen LogP contribution in [0.3, 0.4) is 0 Å². The maximum absolute atomic E-state index is 13.6. The lowest BCUT2D eigenvalue weighted by Crippen LogP contribution is -2.61. The Balaban J connectivity index is 2.29. The van der Waals surface area contributed by atoms with Gasteiger partial charge in [-0.3, -0.25) is 33.6 Å². The highest BCUT2D eigenvalue weighted by Gasteiger charge is 2.34. The number of carbonyl (C=O) groups excluding carboxylic acids is 6. The zero-order valence-electron chi connectivity index (χ0n) is 32.0. The third kappa shape index (κ3) is 16.4. The summed E-state index contributed by atoms with van der Waals surface area (Å²) in [5, 5.41) is 52.4. The Hall–Kier alpha value is -5.94. The summed E-state index contributed by atoms with van der Waals surface area (Å²) in [6, 6.07) is -10.4. The van der Waals surface area contributed by atoms with Gasteiger partial charge in [-0.25, -0.2) is 14.8 Å². The molecule has 0 aliphatic rings. The molecule has 23 nitrogen and oxygen atoms in total. The van der Waals surface area contributed by atoms with Crippen molar-refractivity contribution in [2.75, 3.05) is 13.2 Å². The molecular weight excluding hydrogens is 754 g/mol. The van der Waals surface area contributed by atoms with Crippen LogP contribution in [-0.4, -0.2) is 143 Å². The molecule has 23 heteroatoms. The number of nitrogens with two attached hydrogens (primary N) is 1. The van der Waals surface area contributed by atoms with Crippen molar-refractivity contribution in [1.29, 1.82) is 0 Å². The highest BCUT2D eigenvalue weighted by atomic mass is 16.4. The molecule has 2 aromatic rings. The molecule has 0 aliphatic heterocycles. The molecule has 0 aromatic carbocycles. The number of rotatable bonds is 25. The summed E-state index contributed by atoms with van der Waals surface area (Å²) < 4.78 is 0. The number of nitrogens with one attached hydrogen (secondary N) is 8. The molecule has 0 saturated heterocycles. The monoisotopic (exact) mass is 807 g/mol. The number of carboxylic acid groups (broad SMARTS) is 2. The van der Waals surface area contributed by atoms with E-state index in [0.29, 0.717) is 11.4 Å². The Morgan fingerprint density at radius 2 is 0.965 bits per heavy atom. The lowest BCUT2D eigenvalue weighted by molar-refractivity contribution is -0.143. The second-order valence-electron chi connectivity index (χ2n) is 14.1. The van der Waals surface area contributed by atoms with Crippen LogP contribution in [0.1, 0.15) is 58.3 Å². The van der Waals surface area contributed by atoms with Gasteiger partial charge in [0.15, 0.2) is 0 Å². The normalized spacial score (nSPS) is 14.9. The molecule has 316 valence electrons. The molecule has 2 rings (SSSR count). The fourth-order valence-corrected chi connectivity index (χ4v) is 5.37. The van der Waals surface area contributed by atoms with E-state index in [9.17, 15) is 58.8 Å². The molecule has 0 spiro atoms. The summed E-state index contributed by atoms with van der Waals surface area (Å²) >= 11 is 0. The van der Waals surface area contributed by atoms with E-state index in [1.807, 2.05) is 13.8 Å². The molecular formula is C34H53N11O12. The van der Waals surface area contributed by atoms with E-state index >= 15 is 0 Å². The van der Waals surface area contributed by atoms with Crippen molar-refractivity contribution >= 4 is 47.4 Å². The second-order valence-corrected chi connectivity index (χ2v) is 14.1. The van der Waals surface area contributed by atoms with Crippen LogP contribution < -0.4 is 37.6 Å².